The van der Waals surface area contributed by atoms with Crippen molar-refractivity contribution < 1.29 is 14.3 Å². The van der Waals surface area contributed by atoms with Crippen LogP contribution < -0.4 is 15.0 Å². The lowest BCUT2D eigenvalue weighted by Gasteiger charge is -2.36. The summed E-state index contributed by atoms with van der Waals surface area (Å²) in [7, 11) is 1.64. The van der Waals surface area contributed by atoms with Gasteiger partial charge in [0.25, 0.3) is 0 Å². The van der Waals surface area contributed by atoms with Crippen molar-refractivity contribution in [2.45, 2.75) is 13.8 Å². The van der Waals surface area contributed by atoms with Crippen LogP contribution in [0.2, 0.25) is 5.02 Å². The van der Waals surface area contributed by atoms with Crippen molar-refractivity contribution in [2.24, 2.45) is 0 Å². The van der Waals surface area contributed by atoms with Gasteiger partial charge in [0.1, 0.15) is 5.75 Å². The summed E-state index contributed by atoms with van der Waals surface area (Å²) in [5, 5.41) is 3.10. The molecule has 0 saturated carbocycles. The summed E-state index contributed by atoms with van der Waals surface area (Å²) >= 11 is 6.23. The van der Waals surface area contributed by atoms with Crippen LogP contribution in [-0.4, -0.2) is 50.0 Å². The normalized spacial score (nSPS) is 14.0. The molecule has 0 atom stereocenters. The second-order valence-corrected chi connectivity index (χ2v) is 7.25. The molecule has 0 spiro atoms. The summed E-state index contributed by atoms with van der Waals surface area (Å²) in [4.78, 5) is 28.8. The zero-order valence-electron chi connectivity index (χ0n) is 16.3. The average molecular weight is 402 g/mol. The van der Waals surface area contributed by atoms with Crippen LogP contribution in [0.5, 0.6) is 5.75 Å². The van der Waals surface area contributed by atoms with E-state index in [0.717, 1.165) is 22.6 Å². The molecule has 1 saturated heterocycles. The van der Waals surface area contributed by atoms with Gasteiger partial charge in [-0.05, 0) is 43.2 Å². The summed E-state index contributed by atoms with van der Waals surface area (Å²) < 4.78 is 5.41. The fraction of sp³-hybridized carbons (Fsp3) is 0.333. The fourth-order valence-electron chi connectivity index (χ4n) is 3.43. The average Bonchev–Trinajstić information content (AvgIpc) is 2.70. The number of nitrogens with one attached hydrogen (secondary N) is 1. The molecule has 2 aromatic carbocycles. The van der Waals surface area contributed by atoms with Gasteiger partial charge >= 0.3 is 11.8 Å². The zero-order chi connectivity index (χ0) is 20.3. The summed E-state index contributed by atoms with van der Waals surface area (Å²) in [6, 6.07) is 11.5. The maximum absolute atomic E-state index is 12.6. The number of amides is 2. The maximum Gasteiger partial charge on any atom is 0.313 e. The number of piperazine rings is 1. The van der Waals surface area contributed by atoms with Gasteiger partial charge in [-0.2, -0.15) is 0 Å². The number of carbonyl (C=O) groups is 2. The van der Waals surface area contributed by atoms with Gasteiger partial charge in [-0.3, -0.25) is 9.59 Å². The first kappa shape index (κ1) is 20.0. The summed E-state index contributed by atoms with van der Waals surface area (Å²) in [5.74, 6) is -0.417. The van der Waals surface area contributed by atoms with E-state index < -0.39 is 11.8 Å². The van der Waals surface area contributed by atoms with Gasteiger partial charge in [0, 0.05) is 26.2 Å². The summed E-state index contributed by atoms with van der Waals surface area (Å²) in [6.45, 7) is 5.96. The van der Waals surface area contributed by atoms with Gasteiger partial charge in [0.15, 0.2) is 0 Å². The molecular weight excluding hydrogens is 378 g/mol. The largest absolute Gasteiger partial charge is 0.495 e. The van der Waals surface area contributed by atoms with Crippen LogP contribution in [0.3, 0.4) is 0 Å². The van der Waals surface area contributed by atoms with Gasteiger partial charge in [0.05, 0.1) is 23.5 Å². The minimum absolute atomic E-state index is 0.430. The van der Waals surface area contributed by atoms with Crippen molar-refractivity contribution >= 4 is 34.8 Å². The molecule has 1 aliphatic rings. The topological polar surface area (TPSA) is 61.9 Å². The number of carbonyl (C=O) groups excluding carboxylic acids is 2. The van der Waals surface area contributed by atoms with Crippen molar-refractivity contribution in [1.29, 1.82) is 0 Å². The van der Waals surface area contributed by atoms with Gasteiger partial charge in [-0.25, -0.2) is 0 Å². The van der Waals surface area contributed by atoms with E-state index in [2.05, 4.69) is 10.2 Å². The number of anilines is 2. The molecule has 7 heteroatoms. The fourth-order valence-corrected chi connectivity index (χ4v) is 3.79. The second-order valence-electron chi connectivity index (χ2n) is 6.84. The number of hydrogen-bond donors (Lipinski definition) is 1. The molecule has 0 aliphatic carbocycles. The SMILES string of the molecule is COc1ccccc1N1CCN(C(=O)C(=O)Nc2c(C)cc(C)cc2Cl)CC1. The quantitative estimate of drug-likeness (QED) is 0.802. The number of rotatable bonds is 3. The lowest BCUT2D eigenvalue weighted by atomic mass is 10.1. The molecule has 0 unspecified atom stereocenters. The van der Waals surface area contributed by atoms with E-state index in [-0.39, 0.29) is 0 Å². The van der Waals surface area contributed by atoms with E-state index in [4.69, 9.17) is 16.3 Å². The summed E-state index contributed by atoms with van der Waals surface area (Å²) in [5.41, 5.74) is 3.30. The highest BCUT2D eigenvalue weighted by Crippen LogP contribution is 2.29. The Morgan fingerprint density at radius 1 is 1.07 bits per heavy atom. The van der Waals surface area contributed by atoms with Crippen LogP contribution in [0.25, 0.3) is 0 Å². The predicted molar refractivity (Wildman–Crippen MR) is 111 cm³/mol. The molecule has 28 heavy (non-hydrogen) atoms. The van der Waals surface area contributed by atoms with Crippen molar-refractivity contribution in [3.05, 3.63) is 52.5 Å². The standard InChI is InChI=1S/C21H24ClN3O3/c1-14-12-15(2)19(16(22)13-14)23-20(26)21(27)25-10-8-24(9-11-25)17-6-4-5-7-18(17)28-3/h4-7,12-13H,8-11H2,1-3H3,(H,23,26). The predicted octanol–water partition coefficient (Wildman–Crippen LogP) is 3.25. The van der Waals surface area contributed by atoms with E-state index in [1.165, 1.54) is 0 Å². The smallest absolute Gasteiger partial charge is 0.313 e. The number of benzene rings is 2. The molecule has 1 fully saturated rings. The van der Waals surface area contributed by atoms with Crippen molar-refractivity contribution in [1.82, 2.24) is 4.90 Å². The van der Waals surface area contributed by atoms with Crippen LogP contribution in [-0.2, 0) is 9.59 Å². The third-order valence-electron chi connectivity index (χ3n) is 4.86. The molecule has 2 aromatic rings. The molecule has 1 aliphatic heterocycles. The number of halogens is 1. The Labute approximate surface area is 170 Å². The Morgan fingerprint density at radius 3 is 2.39 bits per heavy atom. The molecule has 148 valence electrons. The van der Waals surface area contributed by atoms with Crippen molar-refractivity contribution in [3.63, 3.8) is 0 Å². The molecule has 1 heterocycles. The number of nitrogens with zero attached hydrogens (tertiary/aromatic N) is 2. The first-order chi connectivity index (χ1) is 13.4. The first-order valence-electron chi connectivity index (χ1n) is 9.15. The first-order valence-corrected chi connectivity index (χ1v) is 9.53. The minimum atomic E-state index is -0.667. The number of hydrogen-bond acceptors (Lipinski definition) is 4. The van der Waals surface area contributed by atoms with Crippen LogP contribution in [0, 0.1) is 13.8 Å². The minimum Gasteiger partial charge on any atom is -0.495 e. The second kappa shape index (κ2) is 8.52. The highest BCUT2D eigenvalue weighted by atomic mass is 35.5. The highest BCUT2D eigenvalue weighted by Gasteiger charge is 2.27. The van der Waals surface area contributed by atoms with Crippen LogP contribution >= 0.6 is 11.6 Å². The zero-order valence-corrected chi connectivity index (χ0v) is 17.0. The van der Waals surface area contributed by atoms with Crippen molar-refractivity contribution in [3.8, 4) is 5.75 Å². The summed E-state index contributed by atoms with van der Waals surface area (Å²) in [6.07, 6.45) is 0. The van der Waals surface area contributed by atoms with Crippen LogP contribution in [0.15, 0.2) is 36.4 Å². The molecule has 3 rings (SSSR count). The third kappa shape index (κ3) is 4.22. The van der Waals surface area contributed by atoms with Gasteiger partial charge in [-0.1, -0.05) is 29.8 Å². The van der Waals surface area contributed by atoms with E-state index in [1.807, 2.05) is 44.2 Å². The molecule has 1 N–H and O–H groups in total. The number of ether oxygens (including phenoxy) is 1. The molecule has 0 radical (unpaired) electrons. The van der Waals surface area contributed by atoms with E-state index >= 15 is 0 Å². The Balaban J connectivity index is 1.63. The molecule has 6 nitrogen and oxygen atoms in total. The Bertz CT molecular complexity index is 869. The third-order valence-corrected chi connectivity index (χ3v) is 5.16. The Hall–Kier alpha value is -2.73. The number of para-hydroxylation sites is 2. The van der Waals surface area contributed by atoms with Gasteiger partial charge in [-0.15, -0.1) is 0 Å². The van der Waals surface area contributed by atoms with Gasteiger partial charge < -0.3 is 19.9 Å². The molecule has 2 amide bonds. The van der Waals surface area contributed by atoms with Crippen LogP contribution in [0.1, 0.15) is 11.1 Å². The van der Waals surface area contributed by atoms with E-state index in [9.17, 15) is 9.59 Å². The Kier molecular flexibility index (Phi) is 6.09. The number of methoxy groups -OCH3 is 1. The lowest BCUT2D eigenvalue weighted by molar-refractivity contribution is -0.143. The lowest BCUT2D eigenvalue weighted by Crippen LogP contribution is -2.51. The van der Waals surface area contributed by atoms with Gasteiger partial charge in [0.2, 0.25) is 0 Å². The number of aryl methyl sites for hydroxylation is 2. The molecule has 0 bridgehead atoms. The van der Waals surface area contributed by atoms with Crippen LogP contribution in [0.4, 0.5) is 11.4 Å². The molecule has 0 aromatic heterocycles. The van der Waals surface area contributed by atoms with E-state index in [0.29, 0.717) is 36.9 Å². The Morgan fingerprint density at radius 2 is 1.75 bits per heavy atom. The maximum atomic E-state index is 12.6. The monoisotopic (exact) mass is 401 g/mol. The van der Waals surface area contributed by atoms with Crippen molar-refractivity contribution in [2.75, 3.05) is 43.5 Å². The molecular formula is C21H24ClN3O3. The van der Waals surface area contributed by atoms with E-state index in [1.54, 1.807) is 18.1 Å². The highest BCUT2D eigenvalue weighted by molar-refractivity contribution is 6.41.